The van der Waals surface area contributed by atoms with E-state index in [0.29, 0.717) is 0 Å². The molecule has 0 atom stereocenters. The first-order valence-electron chi connectivity index (χ1n) is 20.7. The molecule has 0 fully saturated rings. The number of benzene rings is 4. The van der Waals surface area contributed by atoms with Crippen molar-refractivity contribution in [2.45, 2.75) is 140 Å². The van der Waals surface area contributed by atoms with Gasteiger partial charge in [0.15, 0.2) is 0 Å². The summed E-state index contributed by atoms with van der Waals surface area (Å²) in [6.45, 7) is 26.6. The molecule has 1 aliphatic rings. The molecule has 4 aromatic rings. The minimum atomic E-state index is 0. The van der Waals surface area contributed by atoms with E-state index in [9.17, 15) is 0 Å². The van der Waals surface area contributed by atoms with Gasteiger partial charge in [-0.25, -0.2) is 12.1 Å². The van der Waals surface area contributed by atoms with Crippen molar-refractivity contribution in [3.63, 3.8) is 0 Å². The average molecular weight is 998 g/mol. The van der Waals surface area contributed by atoms with E-state index in [1.54, 1.807) is 6.08 Å². The minimum Gasteiger partial charge on any atom is -0.394 e. The molecule has 3 radical (unpaired) electrons. The summed E-state index contributed by atoms with van der Waals surface area (Å²) >= 11 is 0. The van der Waals surface area contributed by atoms with Crippen LogP contribution in [-0.2, 0) is 111 Å². The summed E-state index contributed by atoms with van der Waals surface area (Å²) in [6, 6.07) is 32.9. The quantitative estimate of drug-likeness (QED) is 0.0925. The van der Waals surface area contributed by atoms with Crippen LogP contribution in [0.25, 0.3) is 16.3 Å². The molecule has 0 aliphatic heterocycles. The number of fused-ring (bicyclic) bond motifs is 1. The Balaban J connectivity index is -0.000000651. The van der Waals surface area contributed by atoms with E-state index in [1.807, 2.05) is 31.2 Å². The summed E-state index contributed by atoms with van der Waals surface area (Å²) < 4.78 is 0. The van der Waals surface area contributed by atoms with Crippen LogP contribution in [-0.4, -0.2) is 0 Å². The van der Waals surface area contributed by atoms with E-state index in [1.165, 1.54) is 81.8 Å². The Bertz CT molecular complexity index is 1790. The van der Waals surface area contributed by atoms with Crippen LogP contribution in [0.4, 0.5) is 0 Å². The minimum absolute atomic E-state index is 0. The molecule has 58 heavy (non-hydrogen) atoms. The monoisotopic (exact) mass is 997 g/mol. The maximum Gasteiger partial charge on any atom is 0 e. The van der Waals surface area contributed by atoms with Crippen molar-refractivity contribution in [3.05, 3.63) is 185 Å². The first-order valence-corrected chi connectivity index (χ1v) is 20.7. The maximum absolute atomic E-state index is 5.19. The molecule has 0 aromatic heterocycles. The Labute approximate surface area is 433 Å². The molecule has 5 rings (SSSR count). The zero-order chi connectivity index (χ0) is 40.7. The van der Waals surface area contributed by atoms with Gasteiger partial charge in [-0.2, -0.15) is 24.3 Å². The third-order valence-electron chi connectivity index (χ3n) is 9.06. The van der Waals surface area contributed by atoms with Gasteiger partial charge in [0.05, 0.1) is 0 Å². The molecule has 0 saturated carbocycles. The molecule has 0 amide bonds. The second kappa shape index (κ2) is 40.0. The number of rotatable bonds is 13. The van der Waals surface area contributed by atoms with Crippen molar-refractivity contribution in [2.24, 2.45) is 0 Å². The second-order valence-electron chi connectivity index (χ2n) is 13.9. The fourth-order valence-electron chi connectivity index (χ4n) is 5.66. The number of hydrogen-bond acceptors (Lipinski definition) is 0. The number of allylic oxidation sites excluding steroid dienone is 11. The standard InChI is InChI=1S/C14H16.C12H14.C11H14.C10H14.C8H12.3Y/c1-3-6-12-9-10-13-7-4-5-8-14(13)11(12)2;1-3-4-8-11(2)12-9-6-5-7-10-12;1-3-4-7-10(2)11-8-5-6-9-11;1-3-6-10-8-5-4-7-9(10)2;1-4-6-7-8(3)5-2;;;/h4-5,7-10H,3,6H2,1-2H3;5-7,9H,3-4H2,1-2H3;5-6H,3-4,8H2,1-2H3;4-5,7-8H,3,6H2,1-2H3;2,5H,4,6H2,1,3H3;;;/q;2*-2;;-2;;;. The smallest absolute Gasteiger partial charge is 0 e. The molecular formula is C55H70Y3-6. The predicted octanol–water partition coefficient (Wildman–Crippen LogP) is 16.3. The van der Waals surface area contributed by atoms with Crippen LogP contribution in [0.1, 0.15) is 141 Å². The van der Waals surface area contributed by atoms with Crippen molar-refractivity contribution in [1.29, 1.82) is 0 Å². The number of hydrogen-bond donors (Lipinski definition) is 0. The van der Waals surface area contributed by atoms with Gasteiger partial charge in [-0.15, -0.1) is 52.5 Å². The molecule has 4 aromatic carbocycles. The van der Waals surface area contributed by atoms with Gasteiger partial charge >= 0.3 is 0 Å². The van der Waals surface area contributed by atoms with E-state index in [-0.39, 0.29) is 98.1 Å². The Morgan fingerprint density at radius 1 is 0.638 bits per heavy atom. The van der Waals surface area contributed by atoms with Gasteiger partial charge in [0.2, 0.25) is 0 Å². The van der Waals surface area contributed by atoms with Crippen molar-refractivity contribution in [1.82, 2.24) is 0 Å². The van der Waals surface area contributed by atoms with Gasteiger partial charge < -0.3 is 58.7 Å². The van der Waals surface area contributed by atoms with Gasteiger partial charge in [-0.05, 0) is 59.7 Å². The van der Waals surface area contributed by atoms with Crippen LogP contribution in [0.15, 0.2) is 120 Å². The number of unbranched alkanes of at least 4 members (excludes halogenated alkanes) is 3. The van der Waals surface area contributed by atoms with Crippen LogP contribution < -0.4 is 0 Å². The maximum atomic E-state index is 5.19. The van der Waals surface area contributed by atoms with Gasteiger partial charge in [0, 0.05) is 98.1 Å². The summed E-state index contributed by atoms with van der Waals surface area (Å²) in [6.07, 6.45) is 31.2. The summed E-state index contributed by atoms with van der Waals surface area (Å²) in [4.78, 5) is 0. The molecule has 305 valence electrons. The van der Waals surface area contributed by atoms with Gasteiger partial charge in [-0.1, -0.05) is 127 Å². The molecule has 0 unspecified atom stereocenters. The third kappa shape index (κ3) is 27.0. The van der Waals surface area contributed by atoms with E-state index >= 15 is 0 Å². The van der Waals surface area contributed by atoms with Crippen LogP contribution in [0.3, 0.4) is 0 Å². The van der Waals surface area contributed by atoms with Gasteiger partial charge in [-0.3, -0.25) is 6.08 Å². The molecule has 0 N–H and O–H groups in total. The summed E-state index contributed by atoms with van der Waals surface area (Å²) in [7, 11) is 0. The van der Waals surface area contributed by atoms with Crippen molar-refractivity contribution >= 4 is 16.3 Å². The van der Waals surface area contributed by atoms with Gasteiger partial charge in [0.1, 0.15) is 0 Å². The van der Waals surface area contributed by atoms with E-state index in [4.69, 9.17) is 6.58 Å². The van der Waals surface area contributed by atoms with Gasteiger partial charge in [0.25, 0.3) is 0 Å². The van der Waals surface area contributed by atoms with Crippen LogP contribution >= 0.6 is 0 Å². The molecule has 3 heteroatoms. The van der Waals surface area contributed by atoms with Crippen LogP contribution in [0, 0.1) is 50.8 Å². The zero-order valence-corrected chi connectivity index (χ0v) is 46.4. The largest absolute Gasteiger partial charge is 0.394 e. The van der Waals surface area contributed by atoms with Crippen molar-refractivity contribution < 1.29 is 98.1 Å². The molecule has 0 nitrogen and oxygen atoms in total. The first kappa shape index (κ1) is 61.2. The summed E-state index contributed by atoms with van der Waals surface area (Å²) in [5, 5.41) is 2.75. The van der Waals surface area contributed by atoms with E-state index in [2.05, 4.69) is 165 Å². The molecule has 0 heterocycles. The normalized spacial score (nSPS) is 11.6. The van der Waals surface area contributed by atoms with Crippen molar-refractivity contribution in [2.75, 3.05) is 0 Å². The Morgan fingerprint density at radius 2 is 1.21 bits per heavy atom. The molecule has 0 spiro atoms. The van der Waals surface area contributed by atoms with Crippen LogP contribution in [0.5, 0.6) is 0 Å². The molecule has 0 bridgehead atoms. The topological polar surface area (TPSA) is 0 Å². The van der Waals surface area contributed by atoms with Crippen molar-refractivity contribution in [3.8, 4) is 0 Å². The van der Waals surface area contributed by atoms with E-state index in [0.717, 1.165) is 49.7 Å². The number of aryl methyl sites for hydroxylation is 4. The first-order chi connectivity index (χ1) is 26.7. The second-order valence-corrected chi connectivity index (χ2v) is 13.9. The van der Waals surface area contributed by atoms with Crippen LogP contribution in [0.2, 0.25) is 0 Å². The Kier molecular flexibility index (Phi) is 42.2. The molecule has 0 saturated heterocycles. The molecule has 1 aliphatic carbocycles. The summed E-state index contributed by atoms with van der Waals surface area (Å²) in [5.41, 5.74) is 11.8. The predicted molar refractivity (Wildman–Crippen MR) is 244 cm³/mol. The fraction of sp³-hybridized carbons (Fsp3) is 0.382. The average Bonchev–Trinajstić information content (AvgIpc) is 3.77. The SMILES string of the molecule is CCC[C-]=C(C)C1=[C-]C=CC1.CCC[C-]=C(C)c1[c-]cccc1.CCCc1ccc2ccccc2c1C.CCCc1ccccc1C.[CH-]=CC(C)=[C-]CCC.[Y].[Y].[Y]. The molecular weight excluding hydrogens is 927 g/mol. The zero-order valence-electron chi connectivity index (χ0n) is 37.9. The third-order valence-corrected chi connectivity index (χ3v) is 9.06. The van der Waals surface area contributed by atoms with E-state index < -0.39 is 0 Å². The Morgan fingerprint density at radius 3 is 1.76 bits per heavy atom. The summed E-state index contributed by atoms with van der Waals surface area (Å²) in [5.74, 6) is 0. The Hall–Kier alpha value is -1.11. The fourth-order valence-corrected chi connectivity index (χ4v) is 5.66.